The van der Waals surface area contributed by atoms with Crippen molar-refractivity contribution < 1.29 is 13.7 Å². The number of nitrogens with two attached hydrogens (primary N) is 2. The molecule has 0 aliphatic rings. The summed E-state index contributed by atoms with van der Waals surface area (Å²) < 4.78 is 42.9. The molecule has 5 N–H and O–H groups in total. The molecule has 6 aromatic rings. The van der Waals surface area contributed by atoms with Crippen molar-refractivity contribution in [3.63, 3.8) is 0 Å². The number of aromatic amines is 1. The van der Waals surface area contributed by atoms with Crippen molar-refractivity contribution in [3.05, 3.63) is 91.0 Å². The molecule has 3 aromatic heterocycles. The zero-order chi connectivity index (χ0) is 27.1. The molecule has 0 amide bonds. The fourth-order valence-corrected chi connectivity index (χ4v) is 10.3. The first kappa shape index (κ1) is 25.3. The lowest BCUT2D eigenvalue weighted by molar-refractivity contribution is 0.595. The molecule has 0 spiro atoms. The SMILES string of the molecule is Nc1nc2c(N)nc3c([PH](=O)c4ccccc4)c([PH](=O)c4ccccc4)c([PH](=O)c4ccccc4)nc3c2[nH]1. The minimum Gasteiger partial charge on any atom is -0.382 e. The van der Waals surface area contributed by atoms with Crippen molar-refractivity contribution >= 4 is 89.2 Å². The highest BCUT2D eigenvalue weighted by Crippen LogP contribution is 2.34. The number of aromatic nitrogens is 4. The number of hydrogen-bond acceptors (Lipinski definition) is 8. The molecule has 12 heteroatoms. The van der Waals surface area contributed by atoms with E-state index in [-0.39, 0.29) is 38.8 Å². The van der Waals surface area contributed by atoms with Crippen molar-refractivity contribution in [2.75, 3.05) is 11.5 Å². The predicted molar refractivity (Wildman–Crippen MR) is 162 cm³/mol. The number of rotatable bonds is 6. The molecule has 0 radical (unpaired) electrons. The molecule has 3 atom stereocenters. The quantitative estimate of drug-likeness (QED) is 0.257. The fraction of sp³-hybridized carbons (Fsp3) is 0. The van der Waals surface area contributed by atoms with E-state index in [0.29, 0.717) is 26.9 Å². The molecular formula is C27H23N6O3P3. The van der Waals surface area contributed by atoms with Crippen molar-refractivity contribution in [3.8, 4) is 0 Å². The number of imidazole rings is 1. The normalized spacial score (nSPS) is 13.8. The third kappa shape index (κ3) is 4.49. The van der Waals surface area contributed by atoms with Gasteiger partial charge in [-0.2, -0.15) is 0 Å². The third-order valence-corrected chi connectivity index (χ3v) is 12.1. The molecule has 0 aliphatic carbocycles. The number of H-pyrrole nitrogens is 1. The van der Waals surface area contributed by atoms with Gasteiger partial charge in [0, 0.05) is 15.9 Å². The van der Waals surface area contributed by atoms with Crippen LogP contribution in [0.5, 0.6) is 0 Å². The third-order valence-electron chi connectivity index (χ3n) is 6.38. The van der Waals surface area contributed by atoms with Gasteiger partial charge in [0.15, 0.2) is 11.8 Å². The Morgan fingerprint density at radius 2 is 1.03 bits per heavy atom. The van der Waals surface area contributed by atoms with E-state index in [9.17, 15) is 13.7 Å². The van der Waals surface area contributed by atoms with E-state index >= 15 is 0 Å². The summed E-state index contributed by atoms with van der Waals surface area (Å²) in [6.45, 7) is 0. The van der Waals surface area contributed by atoms with Crippen LogP contribution in [-0.4, -0.2) is 19.9 Å². The first-order valence-corrected chi connectivity index (χ1v) is 16.2. The molecule has 0 aliphatic heterocycles. The molecule has 0 saturated carbocycles. The standard InChI is InChI=1S/C27H23N6O3P3/c28-25-22-20(32-27(29)33-22)19-21(30-25)23(37(34)16-10-4-1-5-11-16)24(38(35)17-12-6-2-7-13-17)26(31-19)39(36)18-14-8-3-9-15-18/h1-15,37-39H,(H2,28,30)(H3,29,32,33). The molecule has 0 fully saturated rings. The Kier molecular flexibility index (Phi) is 6.66. The van der Waals surface area contributed by atoms with E-state index in [0.717, 1.165) is 0 Å². The summed E-state index contributed by atoms with van der Waals surface area (Å²) in [7, 11) is -8.49. The van der Waals surface area contributed by atoms with Crippen LogP contribution in [0, 0.1) is 0 Å². The maximum absolute atomic E-state index is 14.4. The number of hydrogen-bond donors (Lipinski definition) is 3. The second-order valence-corrected chi connectivity index (χ2v) is 14.0. The average Bonchev–Trinajstić information content (AvgIpc) is 3.39. The summed E-state index contributed by atoms with van der Waals surface area (Å²) in [5, 5.41) is 2.02. The van der Waals surface area contributed by atoms with Gasteiger partial charge in [-0.3, -0.25) is 0 Å². The van der Waals surface area contributed by atoms with Crippen LogP contribution in [0.3, 0.4) is 0 Å². The Bertz CT molecular complexity index is 1930. The summed E-state index contributed by atoms with van der Waals surface area (Å²) in [4.78, 5) is 16.6. The minimum atomic E-state index is -2.85. The number of anilines is 2. The second kappa shape index (κ2) is 10.3. The van der Waals surface area contributed by atoms with Gasteiger partial charge in [-0.15, -0.1) is 0 Å². The van der Waals surface area contributed by atoms with Gasteiger partial charge in [-0.05, 0) is 0 Å². The molecular weight excluding hydrogens is 549 g/mol. The molecule has 194 valence electrons. The molecule has 3 heterocycles. The maximum Gasteiger partial charge on any atom is 0.198 e. The lowest BCUT2D eigenvalue weighted by atomic mass is 10.2. The first-order chi connectivity index (χ1) is 18.9. The van der Waals surface area contributed by atoms with Gasteiger partial charge in [0.05, 0.1) is 16.1 Å². The minimum absolute atomic E-state index is 0.0603. The van der Waals surface area contributed by atoms with Crippen LogP contribution in [0.25, 0.3) is 22.1 Å². The lowest BCUT2D eigenvalue weighted by Crippen LogP contribution is -2.38. The van der Waals surface area contributed by atoms with E-state index in [2.05, 4.69) is 15.0 Å². The molecule has 9 nitrogen and oxygen atoms in total. The molecule has 6 rings (SSSR count). The van der Waals surface area contributed by atoms with Crippen LogP contribution >= 0.6 is 23.4 Å². The monoisotopic (exact) mass is 572 g/mol. The maximum atomic E-state index is 14.4. The van der Waals surface area contributed by atoms with Crippen LogP contribution in [-0.2, 0) is 13.7 Å². The molecule has 39 heavy (non-hydrogen) atoms. The van der Waals surface area contributed by atoms with E-state index in [4.69, 9.17) is 16.5 Å². The summed E-state index contributed by atoms with van der Waals surface area (Å²) in [5.41, 5.74) is 13.5. The van der Waals surface area contributed by atoms with Crippen LogP contribution in [0.1, 0.15) is 0 Å². The Hall–Kier alpha value is -4.02. The van der Waals surface area contributed by atoms with Crippen LogP contribution in [0.4, 0.5) is 11.8 Å². The summed E-state index contributed by atoms with van der Waals surface area (Å²) in [6, 6.07) is 26.6. The second-order valence-electron chi connectivity index (χ2n) is 8.84. The molecule has 0 bridgehead atoms. The van der Waals surface area contributed by atoms with Crippen LogP contribution in [0.15, 0.2) is 91.0 Å². The number of nitrogen functional groups attached to an aromatic ring is 2. The molecule has 0 saturated heterocycles. The topological polar surface area (TPSA) is 158 Å². The molecule has 3 aromatic carbocycles. The summed E-state index contributed by atoms with van der Waals surface area (Å²) in [6.07, 6.45) is 0. The van der Waals surface area contributed by atoms with Gasteiger partial charge >= 0.3 is 0 Å². The van der Waals surface area contributed by atoms with Crippen molar-refractivity contribution in [1.82, 2.24) is 19.9 Å². The van der Waals surface area contributed by atoms with E-state index in [1.165, 1.54) is 0 Å². The van der Waals surface area contributed by atoms with E-state index in [1.807, 2.05) is 18.2 Å². The summed E-state index contributed by atoms with van der Waals surface area (Å²) >= 11 is 0. The lowest BCUT2D eigenvalue weighted by Gasteiger charge is -2.18. The van der Waals surface area contributed by atoms with Crippen LogP contribution < -0.4 is 43.4 Å². The zero-order valence-electron chi connectivity index (χ0n) is 20.4. The summed E-state index contributed by atoms with van der Waals surface area (Å²) in [5.74, 6) is 0.161. The Morgan fingerprint density at radius 1 is 0.538 bits per heavy atom. The predicted octanol–water partition coefficient (Wildman–Crippen LogP) is 2.20. The van der Waals surface area contributed by atoms with Gasteiger partial charge < -0.3 is 30.1 Å². The van der Waals surface area contributed by atoms with Gasteiger partial charge in [0.2, 0.25) is 0 Å². The van der Waals surface area contributed by atoms with Crippen molar-refractivity contribution in [2.24, 2.45) is 0 Å². The number of pyridine rings is 2. The Balaban J connectivity index is 1.79. The largest absolute Gasteiger partial charge is 0.382 e. The van der Waals surface area contributed by atoms with Crippen molar-refractivity contribution in [1.29, 1.82) is 0 Å². The average molecular weight is 572 g/mol. The van der Waals surface area contributed by atoms with Gasteiger partial charge in [-0.25, -0.2) is 15.0 Å². The highest BCUT2D eigenvalue weighted by molar-refractivity contribution is 7.71. The van der Waals surface area contributed by atoms with Crippen LogP contribution in [0.2, 0.25) is 0 Å². The van der Waals surface area contributed by atoms with Gasteiger partial charge in [-0.1, -0.05) is 91.0 Å². The van der Waals surface area contributed by atoms with Crippen molar-refractivity contribution in [2.45, 2.75) is 0 Å². The zero-order valence-corrected chi connectivity index (χ0v) is 23.4. The number of fused-ring (bicyclic) bond motifs is 3. The van der Waals surface area contributed by atoms with E-state index in [1.54, 1.807) is 72.8 Å². The van der Waals surface area contributed by atoms with Gasteiger partial charge in [0.1, 0.15) is 45.4 Å². The highest BCUT2D eigenvalue weighted by atomic mass is 31.1. The fourth-order valence-electron chi connectivity index (χ4n) is 4.58. The number of benzene rings is 3. The Morgan fingerprint density at radius 3 is 1.56 bits per heavy atom. The number of nitrogens with zero attached hydrogens (tertiary/aromatic N) is 3. The highest BCUT2D eigenvalue weighted by Gasteiger charge is 2.30. The smallest absolute Gasteiger partial charge is 0.198 e. The number of nitrogens with one attached hydrogen (secondary N) is 1. The Labute approximate surface area is 225 Å². The first-order valence-electron chi connectivity index (χ1n) is 12.0. The van der Waals surface area contributed by atoms with E-state index < -0.39 is 23.4 Å². The molecule has 3 unspecified atom stereocenters. The van der Waals surface area contributed by atoms with Gasteiger partial charge in [0.25, 0.3) is 0 Å².